The van der Waals surface area contributed by atoms with E-state index in [1.54, 1.807) is 7.11 Å². The molecule has 0 spiro atoms. The van der Waals surface area contributed by atoms with E-state index in [0.717, 1.165) is 18.0 Å². The van der Waals surface area contributed by atoms with Crippen molar-refractivity contribution in [3.8, 4) is 5.75 Å². The summed E-state index contributed by atoms with van der Waals surface area (Å²) in [6.45, 7) is 0.814. The lowest BCUT2D eigenvalue weighted by molar-refractivity contribution is 0.415. The molecule has 2 nitrogen and oxygen atoms in total. The molecule has 5 aromatic carbocycles. The molecule has 33 heavy (non-hydrogen) atoms. The van der Waals surface area contributed by atoms with E-state index >= 15 is 0 Å². The Balaban J connectivity index is 1.66. The summed E-state index contributed by atoms with van der Waals surface area (Å²) < 4.78 is 5.43. The highest BCUT2D eigenvalue weighted by Gasteiger charge is 2.21. The van der Waals surface area contributed by atoms with Gasteiger partial charge in [0, 0.05) is 29.2 Å². The first kappa shape index (κ1) is 20.8. The third-order valence-corrected chi connectivity index (χ3v) is 6.21. The maximum atomic E-state index is 5.43. The van der Waals surface area contributed by atoms with Gasteiger partial charge in [-0.15, -0.1) is 0 Å². The molecule has 0 bridgehead atoms. The quantitative estimate of drug-likeness (QED) is 0.261. The van der Waals surface area contributed by atoms with Crippen LogP contribution in [-0.4, -0.2) is 13.7 Å². The standard InChI is InChI=1S/C31H27NO/c1-33-28-21-19-27(20-22-28)32(31-18-10-16-24-15-8-9-17-29(24)31)23-30(25-11-4-2-5-12-25)26-13-6-3-7-14-26/h2-22,30H,23H2,1H3. The highest BCUT2D eigenvalue weighted by atomic mass is 16.5. The average molecular weight is 430 g/mol. The predicted molar refractivity (Wildman–Crippen MR) is 139 cm³/mol. The van der Waals surface area contributed by atoms with Gasteiger partial charge < -0.3 is 9.64 Å². The van der Waals surface area contributed by atoms with Crippen LogP contribution in [0.5, 0.6) is 5.75 Å². The zero-order chi connectivity index (χ0) is 22.5. The molecule has 0 atom stereocenters. The molecular formula is C31H27NO. The van der Waals surface area contributed by atoms with Crippen LogP contribution in [0.4, 0.5) is 11.4 Å². The highest BCUT2D eigenvalue weighted by Crippen LogP contribution is 2.37. The molecule has 0 aliphatic heterocycles. The Labute approximate surface area is 195 Å². The van der Waals surface area contributed by atoms with Gasteiger partial charge in [-0.25, -0.2) is 0 Å². The Morgan fingerprint density at radius 2 is 1.18 bits per heavy atom. The van der Waals surface area contributed by atoms with Crippen molar-refractivity contribution in [1.29, 1.82) is 0 Å². The summed E-state index contributed by atoms with van der Waals surface area (Å²) in [6.07, 6.45) is 0. The van der Waals surface area contributed by atoms with E-state index in [2.05, 4.69) is 120 Å². The number of benzene rings is 5. The maximum Gasteiger partial charge on any atom is 0.119 e. The van der Waals surface area contributed by atoms with Gasteiger partial charge in [-0.3, -0.25) is 0 Å². The number of fused-ring (bicyclic) bond motifs is 1. The molecule has 0 aliphatic rings. The zero-order valence-electron chi connectivity index (χ0n) is 18.8. The first-order chi connectivity index (χ1) is 16.3. The lowest BCUT2D eigenvalue weighted by Crippen LogP contribution is -2.25. The van der Waals surface area contributed by atoms with Crippen molar-refractivity contribution >= 4 is 22.1 Å². The van der Waals surface area contributed by atoms with Crippen LogP contribution in [0.15, 0.2) is 127 Å². The third-order valence-electron chi connectivity index (χ3n) is 6.21. The lowest BCUT2D eigenvalue weighted by atomic mass is 9.90. The van der Waals surface area contributed by atoms with E-state index in [1.807, 2.05) is 12.1 Å². The minimum absolute atomic E-state index is 0.216. The van der Waals surface area contributed by atoms with Crippen molar-refractivity contribution in [1.82, 2.24) is 0 Å². The summed E-state index contributed by atoms with van der Waals surface area (Å²) in [5.74, 6) is 1.08. The van der Waals surface area contributed by atoms with Gasteiger partial charge in [0.05, 0.1) is 7.11 Å². The van der Waals surface area contributed by atoms with Gasteiger partial charge in [-0.1, -0.05) is 97.1 Å². The fourth-order valence-electron chi connectivity index (χ4n) is 4.51. The van der Waals surface area contributed by atoms with Crippen molar-refractivity contribution < 1.29 is 4.74 Å². The van der Waals surface area contributed by atoms with Crippen LogP contribution in [-0.2, 0) is 0 Å². The molecule has 0 aromatic heterocycles. The van der Waals surface area contributed by atoms with Gasteiger partial charge in [0.1, 0.15) is 5.75 Å². The highest BCUT2D eigenvalue weighted by molar-refractivity contribution is 5.96. The molecule has 0 fully saturated rings. The van der Waals surface area contributed by atoms with Crippen molar-refractivity contribution in [3.05, 3.63) is 139 Å². The normalized spacial score (nSPS) is 11.0. The van der Waals surface area contributed by atoms with Crippen molar-refractivity contribution in [3.63, 3.8) is 0 Å². The molecule has 0 amide bonds. The number of hydrogen-bond acceptors (Lipinski definition) is 2. The average Bonchev–Trinajstić information content (AvgIpc) is 2.90. The minimum atomic E-state index is 0.216. The van der Waals surface area contributed by atoms with Crippen LogP contribution in [0.1, 0.15) is 17.0 Å². The first-order valence-corrected chi connectivity index (χ1v) is 11.3. The second-order valence-electron chi connectivity index (χ2n) is 8.18. The number of nitrogens with zero attached hydrogens (tertiary/aromatic N) is 1. The monoisotopic (exact) mass is 429 g/mol. The molecular weight excluding hydrogens is 402 g/mol. The first-order valence-electron chi connectivity index (χ1n) is 11.3. The van der Waals surface area contributed by atoms with Crippen molar-refractivity contribution in [2.24, 2.45) is 0 Å². The second-order valence-corrected chi connectivity index (χ2v) is 8.18. The summed E-state index contributed by atoms with van der Waals surface area (Å²) in [4.78, 5) is 2.44. The van der Waals surface area contributed by atoms with Crippen LogP contribution in [0.25, 0.3) is 10.8 Å². The number of rotatable bonds is 7. The number of anilines is 2. The predicted octanol–water partition coefficient (Wildman–Crippen LogP) is 7.82. The maximum absolute atomic E-state index is 5.43. The van der Waals surface area contributed by atoms with Crippen LogP contribution in [0.2, 0.25) is 0 Å². The number of ether oxygens (including phenoxy) is 1. The molecule has 5 aromatic rings. The fourth-order valence-corrected chi connectivity index (χ4v) is 4.51. The molecule has 0 heterocycles. The molecule has 0 saturated carbocycles. The Bertz CT molecular complexity index is 1270. The molecule has 2 heteroatoms. The fraction of sp³-hybridized carbons (Fsp3) is 0.0968. The molecule has 0 N–H and O–H groups in total. The molecule has 0 aliphatic carbocycles. The summed E-state index contributed by atoms with van der Waals surface area (Å²) >= 11 is 0. The van der Waals surface area contributed by atoms with E-state index in [9.17, 15) is 0 Å². The van der Waals surface area contributed by atoms with Gasteiger partial charge in [0.15, 0.2) is 0 Å². The van der Waals surface area contributed by atoms with Crippen LogP contribution in [0, 0.1) is 0 Å². The van der Waals surface area contributed by atoms with E-state index in [4.69, 9.17) is 4.74 Å². The largest absolute Gasteiger partial charge is 0.497 e. The van der Waals surface area contributed by atoms with E-state index in [1.165, 1.54) is 27.6 Å². The van der Waals surface area contributed by atoms with Gasteiger partial charge in [0.2, 0.25) is 0 Å². The van der Waals surface area contributed by atoms with Gasteiger partial charge >= 0.3 is 0 Å². The molecule has 162 valence electrons. The number of hydrogen-bond donors (Lipinski definition) is 0. The summed E-state index contributed by atoms with van der Waals surface area (Å²) in [5, 5.41) is 2.49. The van der Waals surface area contributed by atoms with Crippen molar-refractivity contribution in [2.75, 3.05) is 18.6 Å². The topological polar surface area (TPSA) is 12.5 Å². The Kier molecular flexibility index (Phi) is 6.08. The van der Waals surface area contributed by atoms with E-state index < -0.39 is 0 Å². The smallest absolute Gasteiger partial charge is 0.119 e. The van der Waals surface area contributed by atoms with Gasteiger partial charge in [-0.05, 0) is 46.8 Å². The molecule has 0 radical (unpaired) electrons. The minimum Gasteiger partial charge on any atom is -0.497 e. The molecule has 0 saturated heterocycles. The Morgan fingerprint density at radius 1 is 0.606 bits per heavy atom. The van der Waals surface area contributed by atoms with E-state index in [-0.39, 0.29) is 5.92 Å². The number of methoxy groups -OCH3 is 1. The van der Waals surface area contributed by atoms with Crippen LogP contribution >= 0.6 is 0 Å². The lowest BCUT2D eigenvalue weighted by Gasteiger charge is -2.31. The SMILES string of the molecule is COc1ccc(N(CC(c2ccccc2)c2ccccc2)c2cccc3ccccc23)cc1. The molecule has 0 unspecified atom stereocenters. The third kappa shape index (κ3) is 4.47. The van der Waals surface area contributed by atoms with Crippen LogP contribution < -0.4 is 9.64 Å². The Morgan fingerprint density at radius 3 is 1.82 bits per heavy atom. The van der Waals surface area contributed by atoms with Crippen molar-refractivity contribution in [2.45, 2.75) is 5.92 Å². The Hall–Kier alpha value is -4.04. The second kappa shape index (κ2) is 9.62. The summed E-state index contributed by atoms with van der Waals surface area (Å²) in [6, 6.07) is 45.1. The molecule has 5 rings (SSSR count). The van der Waals surface area contributed by atoms with Crippen LogP contribution in [0.3, 0.4) is 0 Å². The van der Waals surface area contributed by atoms with E-state index in [0.29, 0.717) is 0 Å². The zero-order valence-corrected chi connectivity index (χ0v) is 18.8. The van der Waals surface area contributed by atoms with Gasteiger partial charge in [-0.2, -0.15) is 0 Å². The summed E-state index contributed by atoms with van der Waals surface area (Å²) in [5.41, 5.74) is 4.96. The summed E-state index contributed by atoms with van der Waals surface area (Å²) in [7, 11) is 1.71. The van der Waals surface area contributed by atoms with Gasteiger partial charge in [0.25, 0.3) is 0 Å².